The molecule has 1 aliphatic carbocycles. The van der Waals surface area contributed by atoms with Gasteiger partial charge in [0, 0.05) is 30.2 Å². The van der Waals surface area contributed by atoms with E-state index < -0.39 is 0 Å². The molecule has 1 amide bonds. The van der Waals surface area contributed by atoms with Gasteiger partial charge in [-0.1, -0.05) is 6.92 Å². The van der Waals surface area contributed by atoms with Gasteiger partial charge in [0.25, 0.3) is 0 Å². The van der Waals surface area contributed by atoms with Crippen LogP contribution in [-0.4, -0.2) is 19.1 Å². The molecule has 1 fully saturated rings. The lowest BCUT2D eigenvalue weighted by atomic mass is 10.2. The highest BCUT2D eigenvalue weighted by molar-refractivity contribution is 6.01. The monoisotopic (exact) mass is 339 g/mol. The second-order valence-electron chi connectivity index (χ2n) is 6.59. The number of amides is 1. The minimum atomic E-state index is -0.216. The molecule has 2 aliphatic rings. The van der Waals surface area contributed by atoms with Crippen LogP contribution in [0, 0.1) is 5.92 Å². The first-order chi connectivity index (χ1) is 12.2. The lowest BCUT2D eigenvalue weighted by Gasteiger charge is -2.09. The SMILES string of the molecule is CC1CC1c1ccc(/C=C/C(=O)Nc2ccc3c(c2)OCCCO3)o1. The van der Waals surface area contributed by atoms with Gasteiger partial charge in [-0.15, -0.1) is 0 Å². The first-order valence-corrected chi connectivity index (χ1v) is 8.67. The predicted molar refractivity (Wildman–Crippen MR) is 94.9 cm³/mol. The molecule has 4 rings (SSSR count). The molecule has 1 aliphatic heterocycles. The highest BCUT2D eigenvalue weighted by atomic mass is 16.5. The van der Waals surface area contributed by atoms with Gasteiger partial charge >= 0.3 is 0 Å². The molecule has 0 radical (unpaired) electrons. The Bertz CT molecular complexity index is 808. The van der Waals surface area contributed by atoms with E-state index in [1.54, 1.807) is 18.2 Å². The van der Waals surface area contributed by atoms with Gasteiger partial charge in [0.2, 0.25) is 5.91 Å². The molecule has 1 aromatic carbocycles. The fourth-order valence-corrected chi connectivity index (χ4v) is 2.96. The van der Waals surface area contributed by atoms with Crippen molar-refractivity contribution in [3.8, 4) is 11.5 Å². The first kappa shape index (κ1) is 15.8. The Balaban J connectivity index is 1.38. The lowest BCUT2D eigenvalue weighted by molar-refractivity contribution is -0.111. The largest absolute Gasteiger partial charge is 0.490 e. The molecule has 25 heavy (non-hydrogen) atoms. The van der Waals surface area contributed by atoms with Crippen molar-refractivity contribution >= 4 is 17.7 Å². The zero-order valence-corrected chi connectivity index (χ0v) is 14.2. The third-order valence-electron chi connectivity index (χ3n) is 4.54. The number of benzene rings is 1. The summed E-state index contributed by atoms with van der Waals surface area (Å²) in [5.74, 6) is 4.10. The highest BCUT2D eigenvalue weighted by Gasteiger charge is 2.36. The van der Waals surface area contributed by atoms with Gasteiger partial charge in [0.15, 0.2) is 11.5 Å². The molecule has 0 bridgehead atoms. The van der Waals surface area contributed by atoms with Crippen molar-refractivity contribution in [1.29, 1.82) is 0 Å². The molecule has 2 atom stereocenters. The van der Waals surface area contributed by atoms with E-state index >= 15 is 0 Å². The normalized spacial score (nSPS) is 21.8. The molecule has 130 valence electrons. The van der Waals surface area contributed by atoms with Crippen LogP contribution in [0.25, 0.3) is 6.08 Å². The van der Waals surface area contributed by atoms with Crippen LogP contribution in [0.3, 0.4) is 0 Å². The van der Waals surface area contributed by atoms with Gasteiger partial charge in [-0.2, -0.15) is 0 Å². The summed E-state index contributed by atoms with van der Waals surface area (Å²) in [6, 6.07) is 9.30. The van der Waals surface area contributed by atoms with Crippen LogP contribution < -0.4 is 14.8 Å². The van der Waals surface area contributed by atoms with Crippen molar-refractivity contribution < 1.29 is 18.7 Å². The number of rotatable bonds is 4. The van der Waals surface area contributed by atoms with Gasteiger partial charge in [-0.25, -0.2) is 0 Å². The molecular weight excluding hydrogens is 318 g/mol. The van der Waals surface area contributed by atoms with Crippen molar-refractivity contribution in [2.24, 2.45) is 5.92 Å². The summed E-state index contributed by atoms with van der Waals surface area (Å²) in [5.41, 5.74) is 0.672. The summed E-state index contributed by atoms with van der Waals surface area (Å²) in [5, 5.41) is 2.83. The molecule has 5 heteroatoms. The van der Waals surface area contributed by atoms with Gasteiger partial charge in [0.1, 0.15) is 11.5 Å². The molecule has 1 saturated carbocycles. The second kappa shape index (κ2) is 6.67. The van der Waals surface area contributed by atoms with Crippen LogP contribution in [0.4, 0.5) is 5.69 Å². The fourth-order valence-electron chi connectivity index (χ4n) is 2.96. The summed E-state index contributed by atoms with van der Waals surface area (Å²) in [6.45, 7) is 3.47. The maximum Gasteiger partial charge on any atom is 0.248 e. The van der Waals surface area contributed by atoms with E-state index in [1.165, 1.54) is 12.5 Å². The highest BCUT2D eigenvalue weighted by Crippen LogP contribution is 2.47. The van der Waals surface area contributed by atoms with E-state index in [0.29, 0.717) is 48.0 Å². The summed E-state index contributed by atoms with van der Waals surface area (Å²) in [7, 11) is 0. The van der Waals surface area contributed by atoms with Crippen molar-refractivity contribution in [1.82, 2.24) is 0 Å². The van der Waals surface area contributed by atoms with Gasteiger partial charge in [-0.05, 0) is 42.7 Å². The van der Waals surface area contributed by atoms with Gasteiger partial charge in [0.05, 0.1) is 13.2 Å². The number of carbonyl (C=O) groups is 1. The third kappa shape index (κ3) is 3.71. The Morgan fingerprint density at radius 2 is 1.96 bits per heavy atom. The van der Waals surface area contributed by atoms with Gasteiger partial charge in [-0.3, -0.25) is 4.79 Å². The van der Waals surface area contributed by atoms with Crippen LogP contribution in [0.2, 0.25) is 0 Å². The summed E-state index contributed by atoms with van der Waals surface area (Å²) in [6.07, 6.45) is 5.20. The Labute approximate surface area is 146 Å². The molecule has 1 aromatic heterocycles. The number of nitrogens with one attached hydrogen (secondary N) is 1. The number of hydrogen-bond acceptors (Lipinski definition) is 4. The molecule has 2 aromatic rings. The zero-order valence-electron chi connectivity index (χ0n) is 14.2. The summed E-state index contributed by atoms with van der Waals surface area (Å²) in [4.78, 5) is 12.1. The van der Waals surface area contributed by atoms with E-state index in [1.807, 2.05) is 18.2 Å². The topological polar surface area (TPSA) is 60.7 Å². The zero-order chi connectivity index (χ0) is 17.2. The smallest absolute Gasteiger partial charge is 0.248 e. The number of hydrogen-bond donors (Lipinski definition) is 1. The predicted octanol–water partition coefficient (Wildman–Crippen LogP) is 4.22. The van der Waals surface area contributed by atoms with E-state index in [0.717, 1.165) is 12.2 Å². The first-order valence-electron chi connectivity index (χ1n) is 8.67. The van der Waals surface area contributed by atoms with Crippen LogP contribution in [0.15, 0.2) is 40.8 Å². The molecular formula is C20H21NO4. The Morgan fingerprint density at radius 1 is 1.16 bits per heavy atom. The molecule has 5 nitrogen and oxygen atoms in total. The number of ether oxygens (including phenoxy) is 2. The molecule has 0 saturated heterocycles. The number of fused-ring (bicyclic) bond motifs is 1. The minimum Gasteiger partial charge on any atom is -0.490 e. The fraction of sp³-hybridized carbons (Fsp3) is 0.350. The van der Waals surface area contributed by atoms with E-state index in [9.17, 15) is 4.79 Å². The minimum absolute atomic E-state index is 0.216. The van der Waals surface area contributed by atoms with E-state index in [-0.39, 0.29) is 5.91 Å². The Hall–Kier alpha value is -2.69. The number of furan rings is 1. The maximum absolute atomic E-state index is 12.1. The third-order valence-corrected chi connectivity index (χ3v) is 4.54. The summed E-state index contributed by atoms with van der Waals surface area (Å²) < 4.78 is 17.0. The number of carbonyl (C=O) groups excluding carboxylic acids is 1. The molecule has 0 spiro atoms. The van der Waals surface area contributed by atoms with Crippen molar-refractivity contribution in [3.05, 3.63) is 47.9 Å². The summed E-state index contributed by atoms with van der Waals surface area (Å²) >= 11 is 0. The molecule has 1 N–H and O–H groups in total. The van der Waals surface area contributed by atoms with Crippen LogP contribution >= 0.6 is 0 Å². The van der Waals surface area contributed by atoms with Crippen LogP contribution in [0.5, 0.6) is 11.5 Å². The Morgan fingerprint density at radius 3 is 2.76 bits per heavy atom. The van der Waals surface area contributed by atoms with E-state index in [4.69, 9.17) is 13.9 Å². The van der Waals surface area contributed by atoms with Crippen LogP contribution in [0.1, 0.15) is 37.2 Å². The lowest BCUT2D eigenvalue weighted by Crippen LogP contribution is -2.07. The van der Waals surface area contributed by atoms with E-state index in [2.05, 4.69) is 12.2 Å². The quantitative estimate of drug-likeness (QED) is 0.848. The molecule has 2 unspecified atom stereocenters. The van der Waals surface area contributed by atoms with Crippen molar-refractivity contribution in [2.75, 3.05) is 18.5 Å². The standard InChI is InChI=1S/C20H21NO4/c1-13-11-16(13)17-7-4-15(25-17)5-8-20(22)21-14-3-6-18-19(12-14)24-10-2-9-23-18/h3-8,12-13,16H,2,9-11H2,1H3,(H,21,22)/b8-5+. The van der Waals surface area contributed by atoms with Crippen LogP contribution in [-0.2, 0) is 4.79 Å². The van der Waals surface area contributed by atoms with Crippen molar-refractivity contribution in [3.63, 3.8) is 0 Å². The maximum atomic E-state index is 12.1. The Kier molecular flexibility index (Phi) is 4.22. The number of anilines is 1. The molecule has 2 heterocycles. The van der Waals surface area contributed by atoms with Gasteiger partial charge < -0.3 is 19.2 Å². The average Bonchev–Trinajstić information content (AvgIpc) is 3.22. The van der Waals surface area contributed by atoms with Crippen molar-refractivity contribution in [2.45, 2.75) is 25.7 Å². The second-order valence-corrected chi connectivity index (χ2v) is 6.59. The average molecular weight is 339 g/mol.